The first-order valence-electron chi connectivity index (χ1n) is 7.22. The Kier molecular flexibility index (Phi) is 5.91. The van der Waals surface area contributed by atoms with Crippen molar-refractivity contribution in [3.63, 3.8) is 0 Å². The zero-order chi connectivity index (χ0) is 15.2. The van der Waals surface area contributed by atoms with Crippen molar-refractivity contribution >= 4 is 15.9 Å². The lowest BCUT2D eigenvalue weighted by Gasteiger charge is -2.33. The molecule has 21 heavy (non-hydrogen) atoms. The molecule has 1 heterocycles. The van der Waals surface area contributed by atoms with Gasteiger partial charge in [0, 0.05) is 35.5 Å². The molecular weight excluding hydrogens is 326 g/mol. The second kappa shape index (κ2) is 7.69. The lowest BCUT2D eigenvalue weighted by atomic mass is 9.96. The number of hydrogen-bond acceptors (Lipinski definition) is 3. The van der Waals surface area contributed by atoms with Gasteiger partial charge in [-0.05, 0) is 48.9 Å². The van der Waals surface area contributed by atoms with E-state index in [0.29, 0.717) is 0 Å². The fraction of sp³-hybridized carbons (Fsp3) is 0.353. The molecule has 2 aromatic rings. The van der Waals surface area contributed by atoms with Crippen molar-refractivity contribution in [2.45, 2.75) is 32.0 Å². The Labute approximate surface area is 135 Å². The largest absolute Gasteiger partial charge is 0.326 e. The molecule has 1 aromatic heterocycles. The van der Waals surface area contributed by atoms with Crippen LogP contribution in [0.15, 0.2) is 53.3 Å². The van der Waals surface area contributed by atoms with E-state index in [9.17, 15) is 0 Å². The molecule has 112 valence electrons. The van der Waals surface area contributed by atoms with Crippen LogP contribution in [0.25, 0.3) is 0 Å². The Morgan fingerprint density at radius 1 is 1.14 bits per heavy atom. The van der Waals surface area contributed by atoms with Crippen LogP contribution in [0.4, 0.5) is 0 Å². The van der Waals surface area contributed by atoms with Gasteiger partial charge < -0.3 is 5.73 Å². The third-order valence-electron chi connectivity index (χ3n) is 3.74. The van der Waals surface area contributed by atoms with E-state index in [1.165, 1.54) is 11.1 Å². The standard InChI is InChI=1S/C17H22BrN3/c1-3-16(19)17(14-4-6-15(18)7-5-14)21(2)12-13-8-10-20-11-9-13/h4-11,16-17H,3,12,19H2,1-2H3. The monoisotopic (exact) mass is 347 g/mol. The number of pyridine rings is 1. The van der Waals surface area contributed by atoms with Gasteiger partial charge in [0.2, 0.25) is 0 Å². The van der Waals surface area contributed by atoms with Gasteiger partial charge in [0.25, 0.3) is 0 Å². The molecule has 0 saturated heterocycles. The molecule has 0 aliphatic carbocycles. The molecule has 0 radical (unpaired) electrons. The van der Waals surface area contributed by atoms with Gasteiger partial charge in [-0.1, -0.05) is 35.0 Å². The number of halogens is 1. The van der Waals surface area contributed by atoms with Gasteiger partial charge in [0.05, 0.1) is 0 Å². The first kappa shape index (κ1) is 16.1. The SMILES string of the molecule is CCC(N)C(c1ccc(Br)cc1)N(C)Cc1ccncc1. The Balaban J connectivity index is 2.21. The summed E-state index contributed by atoms with van der Waals surface area (Å²) in [7, 11) is 2.13. The normalized spacial score (nSPS) is 14.1. The van der Waals surface area contributed by atoms with Crippen molar-refractivity contribution in [2.75, 3.05) is 7.05 Å². The van der Waals surface area contributed by atoms with Gasteiger partial charge in [-0.15, -0.1) is 0 Å². The van der Waals surface area contributed by atoms with Crippen LogP contribution in [0, 0.1) is 0 Å². The zero-order valence-electron chi connectivity index (χ0n) is 12.5. The van der Waals surface area contributed by atoms with E-state index < -0.39 is 0 Å². The maximum atomic E-state index is 6.38. The summed E-state index contributed by atoms with van der Waals surface area (Å²) in [5.41, 5.74) is 8.88. The first-order valence-corrected chi connectivity index (χ1v) is 8.01. The third kappa shape index (κ3) is 4.37. The van der Waals surface area contributed by atoms with Gasteiger partial charge in [0.15, 0.2) is 0 Å². The summed E-state index contributed by atoms with van der Waals surface area (Å²) in [6.07, 6.45) is 4.61. The fourth-order valence-electron chi connectivity index (χ4n) is 2.59. The molecule has 0 fully saturated rings. The number of nitrogens with two attached hydrogens (primary N) is 1. The van der Waals surface area contributed by atoms with E-state index in [4.69, 9.17) is 5.73 Å². The van der Waals surface area contributed by atoms with Crippen LogP contribution < -0.4 is 5.73 Å². The van der Waals surface area contributed by atoms with Crippen LogP contribution >= 0.6 is 15.9 Å². The van der Waals surface area contributed by atoms with Crippen LogP contribution in [0.2, 0.25) is 0 Å². The van der Waals surface area contributed by atoms with Crippen molar-refractivity contribution in [3.05, 3.63) is 64.4 Å². The highest BCUT2D eigenvalue weighted by atomic mass is 79.9. The molecule has 0 saturated carbocycles. The van der Waals surface area contributed by atoms with E-state index in [-0.39, 0.29) is 12.1 Å². The predicted molar refractivity (Wildman–Crippen MR) is 90.9 cm³/mol. The van der Waals surface area contributed by atoms with E-state index in [0.717, 1.165) is 17.4 Å². The number of nitrogens with zero attached hydrogens (tertiary/aromatic N) is 2. The minimum Gasteiger partial charge on any atom is -0.326 e. The topological polar surface area (TPSA) is 42.1 Å². The molecule has 0 spiro atoms. The summed E-state index contributed by atoms with van der Waals surface area (Å²) in [5, 5.41) is 0. The summed E-state index contributed by atoms with van der Waals surface area (Å²) in [6, 6.07) is 12.9. The number of likely N-dealkylation sites (N-methyl/N-ethyl adjacent to an activating group) is 1. The number of aromatic nitrogens is 1. The molecule has 1 aromatic carbocycles. The maximum Gasteiger partial charge on any atom is 0.0499 e. The number of benzene rings is 1. The van der Waals surface area contributed by atoms with Crippen LogP contribution in [0.3, 0.4) is 0 Å². The van der Waals surface area contributed by atoms with Crippen LogP contribution in [-0.4, -0.2) is 23.0 Å². The Morgan fingerprint density at radius 2 is 1.76 bits per heavy atom. The summed E-state index contributed by atoms with van der Waals surface area (Å²) in [5.74, 6) is 0. The minimum absolute atomic E-state index is 0.109. The van der Waals surface area contributed by atoms with Crippen molar-refractivity contribution in [1.29, 1.82) is 0 Å². The average Bonchev–Trinajstić information content (AvgIpc) is 2.50. The lowest BCUT2D eigenvalue weighted by molar-refractivity contribution is 0.201. The van der Waals surface area contributed by atoms with Gasteiger partial charge >= 0.3 is 0 Å². The molecule has 0 aliphatic rings. The van der Waals surface area contributed by atoms with Crippen molar-refractivity contribution in [3.8, 4) is 0 Å². The number of rotatable bonds is 6. The molecular formula is C17H22BrN3. The highest BCUT2D eigenvalue weighted by molar-refractivity contribution is 9.10. The van der Waals surface area contributed by atoms with E-state index in [1.807, 2.05) is 24.5 Å². The highest BCUT2D eigenvalue weighted by Crippen LogP contribution is 2.26. The Bertz CT molecular complexity index is 542. The van der Waals surface area contributed by atoms with Crippen LogP contribution in [0.5, 0.6) is 0 Å². The summed E-state index contributed by atoms with van der Waals surface area (Å²) >= 11 is 3.49. The summed E-state index contributed by atoms with van der Waals surface area (Å²) in [6.45, 7) is 2.99. The van der Waals surface area contributed by atoms with Gasteiger partial charge in [0.1, 0.15) is 0 Å². The maximum absolute atomic E-state index is 6.38. The van der Waals surface area contributed by atoms with E-state index >= 15 is 0 Å². The minimum atomic E-state index is 0.109. The quantitative estimate of drug-likeness (QED) is 0.864. The van der Waals surface area contributed by atoms with Gasteiger partial charge in [-0.2, -0.15) is 0 Å². The Hall–Kier alpha value is -1.23. The smallest absolute Gasteiger partial charge is 0.0499 e. The Morgan fingerprint density at radius 3 is 2.33 bits per heavy atom. The van der Waals surface area contributed by atoms with Crippen LogP contribution in [0.1, 0.15) is 30.5 Å². The molecule has 2 N–H and O–H groups in total. The zero-order valence-corrected chi connectivity index (χ0v) is 14.1. The number of hydrogen-bond donors (Lipinski definition) is 1. The molecule has 3 nitrogen and oxygen atoms in total. The van der Waals surface area contributed by atoms with Gasteiger partial charge in [-0.3, -0.25) is 9.88 Å². The first-order chi connectivity index (χ1) is 10.1. The van der Waals surface area contributed by atoms with Crippen molar-refractivity contribution < 1.29 is 0 Å². The average molecular weight is 348 g/mol. The molecule has 0 aliphatic heterocycles. The second-order valence-corrected chi connectivity index (χ2v) is 6.25. The molecule has 0 amide bonds. The van der Waals surface area contributed by atoms with Crippen molar-refractivity contribution in [2.24, 2.45) is 5.73 Å². The summed E-state index contributed by atoms with van der Waals surface area (Å²) in [4.78, 5) is 6.38. The second-order valence-electron chi connectivity index (χ2n) is 5.34. The highest BCUT2D eigenvalue weighted by Gasteiger charge is 2.23. The third-order valence-corrected chi connectivity index (χ3v) is 4.27. The van der Waals surface area contributed by atoms with Crippen LogP contribution in [-0.2, 0) is 6.54 Å². The predicted octanol–water partition coefficient (Wildman–Crippen LogP) is 3.75. The molecule has 2 rings (SSSR count). The van der Waals surface area contributed by atoms with E-state index in [1.54, 1.807) is 0 Å². The van der Waals surface area contributed by atoms with Crippen molar-refractivity contribution in [1.82, 2.24) is 9.88 Å². The lowest BCUT2D eigenvalue weighted by Crippen LogP contribution is -2.38. The molecule has 2 unspecified atom stereocenters. The molecule has 2 atom stereocenters. The fourth-order valence-corrected chi connectivity index (χ4v) is 2.85. The molecule has 4 heteroatoms. The summed E-state index contributed by atoms with van der Waals surface area (Å²) < 4.78 is 1.09. The van der Waals surface area contributed by atoms with E-state index in [2.05, 4.69) is 64.1 Å². The molecule has 0 bridgehead atoms. The van der Waals surface area contributed by atoms with Gasteiger partial charge in [-0.25, -0.2) is 0 Å².